The Morgan fingerprint density at radius 3 is 2.54 bits per heavy atom. The quantitative estimate of drug-likeness (QED) is 0.752. The van der Waals surface area contributed by atoms with Gasteiger partial charge in [-0.05, 0) is 37.6 Å². The van der Waals surface area contributed by atoms with E-state index in [1.807, 2.05) is 31.2 Å². The van der Waals surface area contributed by atoms with Crippen LogP contribution in [0.15, 0.2) is 53.1 Å². The van der Waals surface area contributed by atoms with Crippen LogP contribution in [-0.2, 0) is 16.1 Å². The highest BCUT2D eigenvalue weighted by Gasteiger charge is 2.19. The molecule has 0 spiro atoms. The smallest absolute Gasteiger partial charge is 0.265 e. The summed E-state index contributed by atoms with van der Waals surface area (Å²) in [6.45, 7) is 4.81. The third-order valence-electron chi connectivity index (χ3n) is 4.22. The molecule has 0 saturated carbocycles. The third-order valence-corrected chi connectivity index (χ3v) is 5.66. The largest absolute Gasteiger partial charge is 0.496 e. The molecule has 0 aromatic heterocycles. The zero-order valence-electron chi connectivity index (χ0n) is 15.7. The van der Waals surface area contributed by atoms with Crippen molar-refractivity contribution in [2.24, 2.45) is 0 Å². The summed E-state index contributed by atoms with van der Waals surface area (Å²) < 4.78 is 5.41. The van der Waals surface area contributed by atoms with E-state index in [9.17, 15) is 9.59 Å². The number of aryl methyl sites for hydroxylation is 1. The van der Waals surface area contributed by atoms with Crippen LogP contribution in [-0.4, -0.2) is 24.2 Å². The van der Waals surface area contributed by atoms with Crippen LogP contribution in [0, 0.1) is 6.92 Å². The van der Waals surface area contributed by atoms with Crippen molar-refractivity contribution in [3.05, 3.63) is 74.8 Å². The predicted molar refractivity (Wildman–Crippen MR) is 114 cm³/mol. The van der Waals surface area contributed by atoms with E-state index in [4.69, 9.17) is 16.3 Å². The molecule has 0 aliphatic carbocycles. The van der Waals surface area contributed by atoms with E-state index in [1.165, 1.54) is 17.3 Å². The molecule has 7 heteroatoms. The molecule has 3 rings (SSSR count). The van der Waals surface area contributed by atoms with Crippen molar-refractivity contribution in [3.8, 4) is 0 Å². The molecular formula is C21H21ClN2O3S. The number of rotatable bonds is 5. The Kier molecular flexibility index (Phi) is 6.65. The molecule has 1 heterocycles. The lowest BCUT2D eigenvalue weighted by atomic mass is 10.1. The molecule has 1 aliphatic heterocycles. The first kappa shape index (κ1) is 20.3. The van der Waals surface area contributed by atoms with Crippen LogP contribution in [0.4, 0.5) is 5.69 Å². The van der Waals surface area contributed by atoms with E-state index in [0.29, 0.717) is 35.1 Å². The van der Waals surface area contributed by atoms with Crippen LogP contribution in [0.3, 0.4) is 0 Å². The van der Waals surface area contributed by atoms with Crippen molar-refractivity contribution < 1.29 is 14.3 Å². The Hall–Kier alpha value is -2.44. The number of amides is 2. The maximum absolute atomic E-state index is 12.4. The first-order chi connectivity index (χ1) is 13.4. The number of ether oxygens (including phenoxy) is 1. The van der Waals surface area contributed by atoms with Crippen LogP contribution >= 0.6 is 23.4 Å². The highest BCUT2D eigenvalue weighted by molar-refractivity contribution is 8.04. The zero-order chi connectivity index (χ0) is 20.1. The number of hydrogen-bond acceptors (Lipinski definition) is 4. The summed E-state index contributed by atoms with van der Waals surface area (Å²) in [5.74, 6) is 0.848. The molecule has 28 heavy (non-hydrogen) atoms. The van der Waals surface area contributed by atoms with E-state index in [1.54, 1.807) is 25.1 Å². The maximum Gasteiger partial charge on any atom is 0.265 e. The minimum atomic E-state index is -0.266. The van der Waals surface area contributed by atoms with Gasteiger partial charge in [-0.3, -0.25) is 9.59 Å². The second-order valence-corrected chi connectivity index (χ2v) is 7.91. The van der Waals surface area contributed by atoms with Gasteiger partial charge < -0.3 is 15.4 Å². The van der Waals surface area contributed by atoms with Crippen LogP contribution in [0.1, 0.15) is 28.4 Å². The number of carbonyl (C=O) groups is 2. The van der Waals surface area contributed by atoms with Crippen molar-refractivity contribution in [1.82, 2.24) is 5.32 Å². The molecule has 0 atom stereocenters. The minimum Gasteiger partial charge on any atom is -0.496 e. The number of benzene rings is 2. The van der Waals surface area contributed by atoms with Crippen molar-refractivity contribution in [2.45, 2.75) is 20.4 Å². The molecule has 0 unspecified atom stereocenters. The average molecular weight is 417 g/mol. The highest BCUT2D eigenvalue weighted by Crippen LogP contribution is 2.27. The number of nitrogens with one attached hydrogen (secondary N) is 2. The van der Waals surface area contributed by atoms with Crippen molar-refractivity contribution in [3.63, 3.8) is 0 Å². The lowest BCUT2D eigenvalue weighted by Crippen LogP contribution is -2.23. The zero-order valence-corrected chi connectivity index (χ0v) is 17.2. The fourth-order valence-electron chi connectivity index (χ4n) is 2.68. The van der Waals surface area contributed by atoms with E-state index in [0.717, 1.165) is 11.3 Å². The molecule has 0 saturated heterocycles. The van der Waals surface area contributed by atoms with E-state index in [2.05, 4.69) is 10.6 Å². The summed E-state index contributed by atoms with van der Waals surface area (Å²) in [4.78, 5) is 25.4. The van der Waals surface area contributed by atoms with Gasteiger partial charge in [0.1, 0.15) is 10.7 Å². The van der Waals surface area contributed by atoms with Gasteiger partial charge in [0, 0.05) is 18.0 Å². The van der Waals surface area contributed by atoms with Crippen molar-refractivity contribution in [2.75, 3.05) is 17.7 Å². The summed E-state index contributed by atoms with van der Waals surface area (Å²) in [5, 5.41) is 5.93. The standard InChI is InChI=1S/C21H21ClN2O3S/c1-13-3-5-15(6-4-13)12-23-20(25)17-8-7-16(11-18(17)22)24-21(26)19-14(2)27-9-10-28-19/h3-8,11H,9-10,12H2,1-2H3,(H,23,25)(H,24,26). The lowest BCUT2D eigenvalue weighted by Gasteiger charge is -2.18. The van der Waals surface area contributed by atoms with Crippen LogP contribution in [0.25, 0.3) is 0 Å². The Bertz CT molecular complexity index is 926. The number of thioether (sulfide) groups is 1. The van der Waals surface area contributed by atoms with E-state index >= 15 is 0 Å². The number of anilines is 1. The summed E-state index contributed by atoms with van der Waals surface area (Å²) in [5.41, 5.74) is 3.06. The second kappa shape index (κ2) is 9.17. The van der Waals surface area contributed by atoms with Gasteiger partial charge in [-0.2, -0.15) is 0 Å². The summed E-state index contributed by atoms with van der Waals surface area (Å²) in [7, 11) is 0. The molecule has 1 aliphatic rings. The number of allylic oxidation sites excluding steroid dienone is 1. The summed E-state index contributed by atoms with van der Waals surface area (Å²) >= 11 is 7.73. The fraction of sp³-hybridized carbons (Fsp3) is 0.238. The van der Waals surface area contributed by atoms with Crippen LogP contribution in [0.2, 0.25) is 5.02 Å². The summed E-state index contributed by atoms with van der Waals surface area (Å²) in [6, 6.07) is 12.8. The van der Waals surface area contributed by atoms with Gasteiger partial charge in [0.2, 0.25) is 0 Å². The summed E-state index contributed by atoms with van der Waals surface area (Å²) in [6.07, 6.45) is 0. The first-order valence-corrected chi connectivity index (χ1v) is 10.2. The normalized spacial score (nSPS) is 13.7. The predicted octanol–water partition coefficient (Wildman–Crippen LogP) is 4.51. The molecule has 2 aromatic rings. The Balaban J connectivity index is 1.63. The lowest BCUT2D eigenvalue weighted by molar-refractivity contribution is -0.112. The molecule has 2 amide bonds. The Labute approximate surface area is 173 Å². The number of hydrogen-bond donors (Lipinski definition) is 2. The van der Waals surface area contributed by atoms with Gasteiger partial charge in [-0.1, -0.05) is 41.4 Å². The van der Waals surface area contributed by atoms with E-state index < -0.39 is 0 Å². The molecule has 146 valence electrons. The molecular weight excluding hydrogens is 396 g/mol. The third kappa shape index (κ3) is 5.09. The van der Waals surface area contributed by atoms with Gasteiger partial charge in [0.25, 0.3) is 11.8 Å². The molecule has 2 aromatic carbocycles. The molecule has 0 bridgehead atoms. The second-order valence-electron chi connectivity index (χ2n) is 6.40. The molecule has 2 N–H and O–H groups in total. The monoisotopic (exact) mass is 416 g/mol. The van der Waals surface area contributed by atoms with Gasteiger partial charge in [-0.15, -0.1) is 11.8 Å². The van der Waals surface area contributed by atoms with Gasteiger partial charge in [0.05, 0.1) is 17.2 Å². The Morgan fingerprint density at radius 1 is 1.11 bits per heavy atom. The van der Waals surface area contributed by atoms with E-state index in [-0.39, 0.29) is 16.8 Å². The fourth-order valence-corrected chi connectivity index (χ4v) is 3.76. The van der Waals surface area contributed by atoms with Gasteiger partial charge >= 0.3 is 0 Å². The topological polar surface area (TPSA) is 67.4 Å². The maximum atomic E-state index is 12.4. The van der Waals surface area contributed by atoms with Gasteiger partial charge in [0.15, 0.2) is 0 Å². The van der Waals surface area contributed by atoms with Crippen LogP contribution < -0.4 is 10.6 Å². The minimum absolute atomic E-state index is 0.241. The number of halogens is 1. The highest BCUT2D eigenvalue weighted by atomic mass is 35.5. The van der Waals surface area contributed by atoms with Crippen LogP contribution in [0.5, 0.6) is 0 Å². The molecule has 0 fully saturated rings. The molecule has 0 radical (unpaired) electrons. The van der Waals surface area contributed by atoms with Crippen molar-refractivity contribution in [1.29, 1.82) is 0 Å². The van der Waals surface area contributed by atoms with Crippen molar-refractivity contribution >= 4 is 40.9 Å². The average Bonchev–Trinajstić information content (AvgIpc) is 2.67. The van der Waals surface area contributed by atoms with Gasteiger partial charge in [-0.25, -0.2) is 0 Å². The Morgan fingerprint density at radius 2 is 1.86 bits per heavy atom. The SMILES string of the molecule is CC1=C(C(=O)Nc2ccc(C(=O)NCc3ccc(C)cc3)c(Cl)c2)SCCO1. The first-order valence-electron chi connectivity index (χ1n) is 8.85. The number of carbonyl (C=O) groups excluding carboxylic acids is 2. The molecule has 5 nitrogen and oxygen atoms in total.